The van der Waals surface area contributed by atoms with Crippen molar-refractivity contribution in [2.45, 2.75) is 46.0 Å². The highest BCUT2D eigenvalue weighted by Gasteiger charge is 2.32. The smallest absolute Gasteiger partial charge is 0.486 e. The van der Waals surface area contributed by atoms with Gasteiger partial charge in [-0.1, -0.05) is 37.7 Å². The van der Waals surface area contributed by atoms with Gasteiger partial charge in [-0.15, -0.1) is 18.3 Å². The summed E-state index contributed by atoms with van der Waals surface area (Å²) in [5.74, 6) is 0.881. The lowest BCUT2D eigenvalue weighted by atomic mass is 9.99. The zero-order valence-corrected chi connectivity index (χ0v) is 24.8. The fourth-order valence-electron chi connectivity index (χ4n) is 4.40. The summed E-state index contributed by atoms with van der Waals surface area (Å²) < 4.78 is 48.1. The van der Waals surface area contributed by atoms with Crippen molar-refractivity contribution in [3.05, 3.63) is 90.0 Å². The number of amides is 1. The largest absolute Gasteiger partial charge is 0.573 e. The summed E-state index contributed by atoms with van der Waals surface area (Å²) in [5, 5.41) is 18.3. The molecule has 1 saturated heterocycles. The fraction of sp³-hybridized carbons (Fsp3) is 0.267. The molecule has 2 heterocycles. The second kappa shape index (κ2) is 13.0. The Labute approximate surface area is 255 Å². The lowest BCUT2D eigenvalue weighted by Gasteiger charge is -2.23. The van der Waals surface area contributed by atoms with Crippen LogP contribution < -0.4 is 19.7 Å². The molecule has 10 nitrogen and oxygen atoms in total. The molecule has 0 saturated carbocycles. The van der Waals surface area contributed by atoms with Crippen LogP contribution in [-0.2, 0) is 11.4 Å². The average molecular weight is 627 g/mol. The van der Waals surface area contributed by atoms with Gasteiger partial charge >= 0.3 is 6.36 Å². The summed E-state index contributed by atoms with van der Waals surface area (Å²) in [6.45, 7) is 6.14. The van der Waals surface area contributed by atoms with Crippen molar-refractivity contribution in [2.75, 3.05) is 16.0 Å². The maximum Gasteiger partial charge on any atom is 0.573 e. The molecule has 1 aliphatic heterocycles. The molecule has 4 aromatic rings. The van der Waals surface area contributed by atoms with E-state index in [4.69, 9.17) is 4.74 Å². The number of thioether (sulfide) groups is 1. The molecule has 0 radical (unpaired) electrons. The Hall–Kier alpha value is -4.56. The molecular weight excluding hydrogens is 597 g/mol. The molecular formula is C30H29F3N6O4S. The average Bonchev–Trinajstić information content (AvgIpc) is 3.58. The molecule has 1 atom stereocenters. The first kappa shape index (κ1) is 30.9. The van der Waals surface area contributed by atoms with Crippen molar-refractivity contribution in [2.24, 2.45) is 4.99 Å². The number of aromatic nitrogens is 3. The van der Waals surface area contributed by atoms with Gasteiger partial charge < -0.3 is 19.9 Å². The number of aryl methyl sites for hydroxylation is 1. The summed E-state index contributed by atoms with van der Waals surface area (Å²) >= 11 is 1.27. The minimum atomic E-state index is -4.76. The number of rotatable bonds is 10. The SMILES string of the molecule is Cc1ccc(C(C)C)c(N2C(=O)CSC2=NC(O)Nc2ccc(OCc3ncn(-c4ccc(OC(F)(F)F)cc4)n3)cc2)c1. The highest BCUT2D eigenvalue weighted by Crippen LogP contribution is 2.34. The lowest BCUT2D eigenvalue weighted by molar-refractivity contribution is -0.274. The topological polar surface area (TPSA) is 114 Å². The number of hydrogen-bond donors (Lipinski definition) is 2. The van der Waals surface area contributed by atoms with Crippen LogP contribution in [0.2, 0.25) is 0 Å². The molecule has 0 spiro atoms. The van der Waals surface area contributed by atoms with Gasteiger partial charge in [-0.3, -0.25) is 9.69 Å². The number of alkyl halides is 3. The normalized spacial score (nSPS) is 15.2. The summed E-state index contributed by atoms with van der Waals surface area (Å²) in [7, 11) is 0. The molecule has 3 aromatic carbocycles. The molecule has 1 amide bonds. The van der Waals surface area contributed by atoms with E-state index in [9.17, 15) is 23.1 Å². The first-order valence-corrected chi connectivity index (χ1v) is 14.5. The number of hydrogen-bond acceptors (Lipinski definition) is 9. The predicted molar refractivity (Wildman–Crippen MR) is 161 cm³/mol. The van der Waals surface area contributed by atoms with E-state index < -0.39 is 12.7 Å². The van der Waals surface area contributed by atoms with Gasteiger partial charge in [0.1, 0.15) is 24.4 Å². The number of nitrogens with one attached hydrogen (secondary N) is 1. The highest BCUT2D eigenvalue weighted by molar-refractivity contribution is 8.15. The van der Waals surface area contributed by atoms with Crippen LogP contribution in [0.5, 0.6) is 11.5 Å². The molecule has 5 rings (SSSR count). The quantitative estimate of drug-likeness (QED) is 0.206. The Morgan fingerprint density at radius 2 is 1.77 bits per heavy atom. The van der Waals surface area contributed by atoms with E-state index in [0.717, 1.165) is 16.8 Å². The van der Waals surface area contributed by atoms with Gasteiger partial charge in [0, 0.05) is 5.69 Å². The molecule has 230 valence electrons. The molecule has 14 heteroatoms. The van der Waals surface area contributed by atoms with E-state index in [2.05, 4.69) is 39.0 Å². The van der Waals surface area contributed by atoms with Crippen LogP contribution in [0, 0.1) is 6.92 Å². The first-order valence-electron chi connectivity index (χ1n) is 13.5. The summed E-state index contributed by atoms with van der Waals surface area (Å²) in [6, 6.07) is 18.0. The van der Waals surface area contributed by atoms with Crippen molar-refractivity contribution in [1.29, 1.82) is 0 Å². The number of anilines is 2. The third kappa shape index (κ3) is 7.68. The number of aliphatic hydroxyl groups is 1. The second-order valence-electron chi connectivity index (χ2n) is 10.1. The lowest BCUT2D eigenvalue weighted by Crippen LogP contribution is -2.32. The zero-order chi connectivity index (χ0) is 31.4. The Morgan fingerprint density at radius 1 is 1.07 bits per heavy atom. The van der Waals surface area contributed by atoms with Gasteiger partial charge in [0.05, 0.1) is 17.1 Å². The van der Waals surface area contributed by atoms with Crippen LogP contribution in [0.3, 0.4) is 0 Å². The minimum Gasteiger partial charge on any atom is -0.486 e. The van der Waals surface area contributed by atoms with E-state index in [1.807, 2.05) is 25.1 Å². The number of carbonyl (C=O) groups is 1. The van der Waals surface area contributed by atoms with Crippen LogP contribution in [-0.4, -0.2) is 49.4 Å². The number of benzene rings is 3. The standard InChI is InChI=1S/C30H29F3N6O4S/c1-18(2)24-13-4-19(3)14-25(24)39-27(40)16-44-29(39)36-28(41)35-20-5-9-22(10-6-20)42-15-26-34-17-38(37-26)21-7-11-23(12-8-21)43-30(31,32)33/h4-14,17-18,28,35,41H,15-16H2,1-3H3. The third-order valence-corrected chi connectivity index (χ3v) is 7.38. The van der Waals surface area contributed by atoms with E-state index in [1.54, 1.807) is 29.2 Å². The number of halogens is 3. The Bertz CT molecular complexity index is 1640. The van der Waals surface area contributed by atoms with Crippen molar-refractivity contribution < 1.29 is 32.5 Å². The van der Waals surface area contributed by atoms with Gasteiger partial charge in [-0.2, -0.15) is 0 Å². The molecule has 0 bridgehead atoms. The molecule has 1 aromatic heterocycles. The summed E-state index contributed by atoms with van der Waals surface area (Å²) in [5.41, 5.74) is 3.89. The Kier molecular flexibility index (Phi) is 9.11. The van der Waals surface area contributed by atoms with Gasteiger partial charge in [0.15, 0.2) is 11.0 Å². The van der Waals surface area contributed by atoms with E-state index >= 15 is 0 Å². The van der Waals surface area contributed by atoms with Crippen LogP contribution in [0.1, 0.15) is 36.7 Å². The Balaban J connectivity index is 1.18. The number of nitrogens with zero attached hydrogens (tertiary/aromatic N) is 5. The molecule has 2 N–H and O–H groups in total. The van der Waals surface area contributed by atoms with Gasteiger partial charge in [0.2, 0.25) is 12.3 Å². The number of amidine groups is 1. The molecule has 0 aliphatic carbocycles. The molecule has 1 aliphatic rings. The van der Waals surface area contributed by atoms with Gasteiger partial charge in [-0.05, 0) is 78.6 Å². The van der Waals surface area contributed by atoms with Crippen LogP contribution in [0.25, 0.3) is 5.69 Å². The van der Waals surface area contributed by atoms with E-state index in [-0.39, 0.29) is 29.9 Å². The minimum absolute atomic E-state index is 0.0454. The van der Waals surface area contributed by atoms with Gasteiger partial charge in [0.25, 0.3) is 0 Å². The number of carbonyl (C=O) groups excluding carboxylic acids is 1. The van der Waals surface area contributed by atoms with Crippen LogP contribution in [0.15, 0.2) is 78.0 Å². The Morgan fingerprint density at radius 3 is 2.45 bits per heavy atom. The molecule has 1 fully saturated rings. The highest BCUT2D eigenvalue weighted by atomic mass is 32.2. The maximum absolute atomic E-state index is 12.8. The van der Waals surface area contributed by atoms with Crippen molar-refractivity contribution in [3.8, 4) is 17.2 Å². The molecule has 44 heavy (non-hydrogen) atoms. The summed E-state index contributed by atoms with van der Waals surface area (Å²) in [6.07, 6.45) is -4.64. The fourth-order valence-corrected chi connectivity index (χ4v) is 5.28. The number of ether oxygens (including phenoxy) is 2. The van der Waals surface area contributed by atoms with Crippen molar-refractivity contribution in [1.82, 2.24) is 14.8 Å². The second-order valence-corrected chi connectivity index (χ2v) is 11.1. The number of aliphatic hydroxyl groups excluding tert-OH is 1. The van der Waals surface area contributed by atoms with Crippen molar-refractivity contribution in [3.63, 3.8) is 0 Å². The third-order valence-electron chi connectivity index (χ3n) is 6.44. The molecule has 1 unspecified atom stereocenters. The first-order chi connectivity index (χ1) is 20.9. The summed E-state index contributed by atoms with van der Waals surface area (Å²) in [4.78, 5) is 22.9. The van der Waals surface area contributed by atoms with E-state index in [0.29, 0.717) is 28.1 Å². The predicted octanol–water partition coefficient (Wildman–Crippen LogP) is 6.00. The van der Waals surface area contributed by atoms with Crippen LogP contribution >= 0.6 is 11.8 Å². The van der Waals surface area contributed by atoms with Crippen LogP contribution in [0.4, 0.5) is 24.5 Å². The monoisotopic (exact) mass is 626 g/mol. The van der Waals surface area contributed by atoms with Gasteiger partial charge in [-0.25, -0.2) is 14.7 Å². The van der Waals surface area contributed by atoms with Crippen molar-refractivity contribution >= 4 is 34.2 Å². The van der Waals surface area contributed by atoms with E-state index in [1.165, 1.54) is 47.0 Å². The zero-order valence-electron chi connectivity index (χ0n) is 23.9. The maximum atomic E-state index is 12.8. The number of aliphatic imine (C=N–C) groups is 1.